The molecule has 0 saturated carbocycles. The lowest BCUT2D eigenvalue weighted by Crippen LogP contribution is -2.37. The number of rotatable bonds is 2. The molecule has 0 N–H and O–H groups in total. The van der Waals surface area contributed by atoms with Gasteiger partial charge in [-0.05, 0) is 29.4 Å². The zero-order valence-electron chi connectivity index (χ0n) is 10.3. The fraction of sp³-hybridized carbons (Fsp3) is 0.429. The van der Waals surface area contributed by atoms with Crippen LogP contribution in [0, 0.1) is 0 Å². The first-order valence-electron chi connectivity index (χ1n) is 6.25. The molecule has 3 rings (SSSR count). The maximum Gasteiger partial charge on any atom is 0.137 e. The van der Waals surface area contributed by atoms with Crippen molar-refractivity contribution in [3.05, 3.63) is 30.2 Å². The largest absolute Gasteiger partial charge is 0.356 e. The Morgan fingerprint density at radius 2 is 2.00 bits per heavy atom. The molecule has 1 aliphatic heterocycles. The number of hydrogen-bond acceptors (Lipinski definition) is 3. The summed E-state index contributed by atoms with van der Waals surface area (Å²) in [5.41, 5.74) is 1.31. The van der Waals surface area contributed by atoms with Crippen molar-refractivity contribution in [3.8, 4) is 0 Å². The maximum atomic E-state index is 4.64. The second kappa shape index (κ2) is 3.99. The Morgan fingerprint density at radius 1 is 1.18 bits per heavy atom. The van der Waals surface area contributed by atoms with Crippen LogP contribution in [0.4, 0.5) is 5.82 Å². The first kappa shape index (κ1) is 10.5. The van der Waals surface area contributed by atoms with Gasteiger partial charge in [-0.15, -0.1) is 0 Å². The summed E-state index contributed by atoms with van der Waals surface area (Å²) in [5, 5.41) is 2.49. The molecule has 0 aliphatic carbocycles. The SMILES string of the molecule is CC(C)c1cnc(N2CCC2)c2cnccc12. The summed E-state index contributed by atoms with van der Waals surface area (Å²) < 4.78 is 0. The molecule has 3 heteroatoms. The molecule has 0 atom stereocenters. The van der Waals surface area contributed by atoms with Crippen LogP contribution in [0.2, 0.25) is 0 Å². The highest BCUT2D eigenvalue weighted by Crippen LogP contribution is 2.31. The van der Waals surface area contributed by atoms with Crippen LogP contribution in [0.5, 0.6) is 0 Å². The second-order valence-electron chi connectivity index (χ2n) is 4.95. The minimum atomic E-state index is 0.498. The van der Waals surface area contributed by atoms with Gasteiger partial charge in [0.25, 0.3) is 0 Å². The van der Waals surface area contributed by atoms with Gasteiger partial charge < -0.3 is 4.90 Å². The lowest BCUT2D eigenvalue weighted by Gasteiger charge is -2.33. The summed E-state index contributed by atoms with van der Waals surface area (Å²) in [6.45, 7) is 6.66. The smallest absolute Gasteiger partial charge is 0.137 e. The molecule has 1 aliphatic rings. The lowest BCUT2D eigenvalue weighted by atomic mass is 9.99. The van der Waals surface area contributed by atoms with E-state index in [4.69, 9.17) is 0 Å². The lowest BCUT2D eigenvalue weighted by molar-refractivity contribution is 0.612. The van der Waals surface area contributed by atoms with E-state index >= 15 is 0 Å². The first-order chi connectivity index (χ1) is 8.27. The van der Waals surface area contributed by atoms with E-state index in [1.54, 1.807) is 0 Å². The Bertz CT molecular complexity index is 544. The van der Waals surface area contributed by atoms with Crippen LogP contribution >= 0.6 is 0 Å². The van der Waals surface area contributed by atoms with Crippen molar-refractivity contribution in [1.82, 2.24) is 9.97 Å². The third-order valence-electron chi connectivity index (χ3n) is 3.48. The van der Waals surface area contributed by atoms with Crippen LogP contribution in [-0.4, -0.2) is 23.1 Å². The number of hydrogen-bond donors (Lipinski definition) is 0. The molecule has 0 spiro atoms. The van der Waals surface area contributed by atoms with Crippen molar-refractivity contribution >= 4 is 16.6 Å². The van der Waals surface area contributed by atoms with E-state index in [0.717, 1.165) is 18.9 Å². The van der Waals surface area contributed by atoms with Gasteiger partial charge in [-0.3, -0.25) is 4.98 Å². The monoisotopic (exact) mass is 227 g/mol. The predicted octanol–water partition coefficient (Wildman–Crippen LogP) is 2.96. The summed E-state index contributed by atoms with van der Waals surface area (Å²) in [6.07, 6.45) is 7.12. The summed E-state index contributed by atoms with van der Waals surface area (Å²) in [5.74, 6) is 1.60. The molecule has 0 unspecified atom stereocenters. The van der Waals surface area contributed by atoms with Crippen LogP contribution in [0.3, 0.4) is 0 Å². The minimum Gasteiger partial charge on any atom is -0.356 e. The second-order valence-corrected chi connectivity index (χ2v) is 4.95. The van der Waals surface area contributed by atoms with Crippen molar-refractivity contribution < 1.29 is 0 Å². The highest BCUT2D eigenvalue weighted by atomic mass is 15.2. The van der Waals surface area contributed by atoms with Crippen molar-refractivity contribution in [1.29, 1.82) is 0 Å². The molecule has 1 saturated heterocycles. The number of fused-ring (bicyclic) bond motifs is 1. The fourth-order valence-corrected chi connectivity index (χ4v) is 2.33. The number of nitrogens with zero attached hydrogens (tertiary/aromatic N) is 3. The van der Waals surface area contributed by atoms with Crippen LogP contribution < -0.4 is 4.90 Å². The minimum absolute atomic E-state index is 0.498. The van der Waals surface area contributed by atoms with E-state index in [-0.39, 0.29) is 0 Å². The third kappa shape index (κ3) is 1.66. The van der Waals surface area contributed by atoms with E-state index in [9.17, 15) is 0 Å². The summed E-state index contributed by atoms with van der Waals surface area (Å²) in [4.78, 5) is 11.2. The first-order valence-corrected chi connectivity index (χ1v) is 6.25. The zero-order chi connectivity index (χ0) is 11.8. The maximum absolute atomic E-state index is 4.64. The van der Waals surface area contributed by atoms with Gasteiger partial charge in [0.15, 0.2) is 0 Å². The third-order valence-corrected chi connectivity index (χ3v) is 3.48. The Kier molecular flexibility index (Phi) is 2.46. The molecule has 0 radical (unpaired) electrons. The van der Waals surface area contributed by atoms with Gasteiger partial charge in [-0.25, -0.2) is 4.98 Å². The average molecular weight is 227 g/mol. The average Bonchev–Trinajstić information content (AvgIpc) is 2.26. The van der Waals surface area contributed by atoms with E-state index in [1.807, 2.05) is 18.6 Å². The van der Waals surface area contributed by atoms with E-state index < -0.39 is 0 Å². The summed E-state index contributed by atoms with van der Waals surface area (Å²) in [7, 11) is 0. The number of pyridine rings is 2. The molecule has 0 bridgehead atoms. The van der Waals surface area contributed by atoms with Gasteiger partial charge in [-0.2, -0.15) is 0 Å². The molecular weight excluding hydrogens is 210 g/mol. The molecule has 0 aromatic carbocycles. The predicted molar refractivity (Wildman–Crippen MR) is 70.5 cm³/mol. The Balaban J connectivity index is 2.22. The van der Waals surface area contributed by atoms with Crippen molar-refractivity contribution in [2.24, 2.45) is 0 Å². The van der Waals surface area contributed by atoms with Crippen molar-refractivity contribution in [2.45, 2.75) is 26.2 Å². The highest BCUT2D eigenvalue weighted by molar-refractivity contribution is 5.94. The summed E-state index contributed by atoms with van der Waals surface area (Å²) >= 11 is 0. The normalized spacial score (nSPS) is 15.4. The topological polar surface area (TPSA) is 29.0 Å². The van der Waals surface area contributed by atoms with Crippen LogP contribution in [-0.2, 0) is 0 Å². The van der Waals surface area contributed by atoms with Gasteiger partial charge in [0.2, 0.25) is 0 Å². The summed E-state index contributed by atoms with van der Waals surface area (Å²) in [6, 6.07) is 2.11. The molecule has 3 heterocycles. The van der Waals surface area contributed by atoms with Crippen molar-refractivity contribution in [2.75, 3.05) is 18.0 Å². The Hall–Kier alpha value is -1.64. The molecule has 17 heavy (non-hydrogen) atoms. The van der Waals surface area contributed by atoms with Gasteiger partial charge in [0, 0.05) is 37.1 Å². The number of aromatic nitrogens is 2. The van der Waals surface area contributed by atoms with E-state index in [1.165, 1.54) is 22.8 Å². The standard InChI is InChI=1S/C14H17N3/c1-10(2)12-9-16-14(17-6-3-7-17)13-8-15-5-4-11(12)13/h4-5,8-10H,3,6-7H2,1-2H3. The van der Waals surface area contributed by atoms with E-state index in [2.05, 4.69) is 34.8 Å². The molecule has 88 valence electrons. The highest BCUT2D eigenvalue weighted by Gasteiger charge is 2.19. The van der Waals surface area contributed by atoms with Crippen LogP contribution in [0.15, 0.2) is 24.7 Å². The van der Waals surface area contributed by atoms with Crippen LogP contribution in [0.25, 0.3) is 10.8 Å². The van der Waals surface area contributed by atoms with Gasteiger partial charge >= 0.3 is 0 Å². The molecule has 2 aromatic rings. The van der Waals surface area contributed by atoms with Gasteiger partial charge in [0.1, 0.15) is 5.82 Å². The Morgan fingerprint density at radius 3 is 2.65 bits per heavy atom. The number of anilines is 1. The van der Waals surface area contributed by atoms with Gasteiger partial charge in [0.05, 0.1) is 0 Å². The molecule has 1 fully saturated rings. The molecule has 2 aromatic heterocycles. The van der Waals surface area contributed by atoms with Crippen molar-refractivity contribution in [3.63, 3.8) is 0 Å². The van der Waals surface area contributed by atoms with Crippen LogP contribution in [0.1, 0.15) is 31.7 Å². The molecule has 3 nitrogen and oxygen atoms in total. The molecular formula is C14H17N3. The zero-order valence-corrected chi connectivity index (χ0v) is 10.3. The quantitative estimate of drug-likeness (QED) is 0.789. The molecule has 0 amide bonds. The van der Waals surface area contributed by atoms with E-state index in [0.29, 0.717) is 5.92 Å². The Labute approximate surface area is 101 Å². The fourth-order valence-electron chi connectivity index (χ4n) is 2.33. The van der Waals surface area contributed by atoms with Gasteiger partial charge in [-0.1, -0.05) is 13.8 Å².